The van der Waals surface area contributed by atoms with E-state index in [2.05, 4.69) is 37.0 Å². The van der Waals surface area contributed by atoms with Crippen LogP contribution in [0.3, 0.4) is 0 Å². The van der Waals surface area contributed by atoms with Crippen molar-refractivity contribution in [2.45, 2.75) is 65.2 Å². The average molecular weight is 364 g/mol. The smallest absolute Gasteiger partial charge is 0.137 e. The van der Waals surface area contributed by atoms with Gasteiger partial charge in [-0.1, -0.05) is 38.0 Å². The number of methoxy groups -OCH3 is 1. The molecule has 144 valence electrons. The van der Waals surface area contributed by atoms with Crippen molar-refractivity contribution in [1.82, 2.24) is 4.98 Å². The van der Waals surface area contributed by atoms with Crippen LogP contribution >= 0.6 is 0 Å². The molecule has 2 heteroatoms. The highest BCUT2D eigenvalue weighted by Crippen LogP contribution is 2.66. The number of hydrogen-bond acceptors (Lipinski definition) is 2. The molecule has 0 spiro atoms. The second kappa shape index (κ2) is 6.22. The Kier molecular flexibility index (Phi) is 4.04. The van der Waals surface area contributed by atoms with Gasteiger partial charge in [0.05, 0.1) is 13.3 Å². The first-order valence-corrected chi connectivity index (χ1v) is 11.0. The summed E-state index contributed by atoms with van der Waals surface area (Å²) in [5, 5.41) is 0. The van der Waals surface area contributed by atoms with Gasteiger partial charge in [0.2, 0.25) is 0 Å². The fourth-order valence-corrected chi connectivity index (χ4v) is 7.39. The van der Waals surface area contributed by atoms with Gasteiger partial charge in [-0.3, -0.25) is 4.98 Å². The maximum Gasteiger partial charge on any atom is 0.137 e. The largest absolute Gasteiger partial charge is 0.495 e. The lowest BCUT2D eigenvalue weighted by Gasteiger charge is -2.57. The molecular formula is C25H33NO. The van der Waals surface area contributed by atoms with Crippen molar-refractivity contribution in [1.29, 1.82) is 0 Å². The summed E-state index contributed by atoms with van der Waals surface area (Å²) in [6.45, 7) is 5.14. The van der Waals surface area contributed by atoms with Crippen LogP contribution < -0.4 is 4.74 Å². The Morgan fingerprint density at radius 2 is 1.89 bits per heavy atom. The molecule has 2 nitrogen and oxygen atoms in total. The predicted octanol–water partition coefficient (Wildman–Crippen LogP) is 6.44. The molecule has 5 atom stereocenters. The quantitative estimate of drug-likeness (QED) is 0.564. The number of nitrogens with zero attached hydrogens (tertiary/aromatic N) is 1. The molecule has 27 heavy (non-hydrogen) atoms. The second-order valence-corrected chi connectivity index (χ2v) is 9.89. The summed E-state index contributed by atoms with van der Waals surface area (Å²) in [5.74, 6) is 3.40. The van der Waals surface area contributed by atoms with E-state index in [0.717, 1.165) is 23.5 Å². The molecule has 0 aromatic carbocycles. The van der Waals surface area contributed by atoms with E-state index in [1.807, 2.05) is 18.0 Å². The van der Waals surface area contributed by atoms with Crippen LogP contribution in [-0.2, 0) is 0 Å². The first kappa shape index (κ1) is 17.5. The molecule has 1 heterocycles. The zero-order chi connectivity index (χ0) is 18.6. The molecule has 0 aliphatic heterocycles. The molecule has 0 bridgehead atoms. The minimum absolute atomic E-state index is 0.297. The lowest BCUT2D eigenvalue weighted by molar-refractivity contribution is -0.00980. The fraction of sp³-hybridized carbons (Fsp3) is 0.640. The van der Waals surface area contributed by atoms with E-state index in [1.54, 1.807) is 7.11 Å². The molecule has 0 N–H and O–H groups in total. The summed E-state index contributed by atoms with van der Waals surface area (Å²) in [6.07, 6.45) is 19.9. The standard InChI is InChI=1S/C25H33NO/c1-24-12-5-4-6-18(24)7-8-20-22-10-9-21(25(22,2)13-11-23(20)24)17-14-19(27-3)16-26-15-17/h7,9,14-16,20,22-23H,4-6,8,10-13H2,1-3H3/t20?,22?,23?,24-,25+/m0/s1. The van der Waals surface area contributed by atoms with Crippen LogP contribution in [0.1, 0.15) is 70.8 Å². The Balaban J connectivity index is 1.48. The molecule has 2 saturated carbocycles. The van der Waals surface area contributed by atoms with Crippen LogP contribution in [0.2, 0.25) is 0 Å². The maximum atomic E-state index is 5.44. The Labute approximate surface area is 164 Å². The molecule has 4 aliphatic rings. The zero-order valence-corrected chi connectivity index (χ0v) is 17.1. The lowest BCUT2D eigenvalue weighted by Crippen LogP contribution is -2.48. The van der Waals surface area contributed by atoms with Crippen molar-refractivity contribution in [3.63, 3.8) is 0 Å². The summed E-state index contributed by atoms with van der Waals surface area (Å²) in [4.78, 5) is 4.44. The molecule has 1 aromatic heterocycles. The number of allylic oxidation sites excluding steroid dienone is 4. The van der Waals surface area contributed by atoms with Crippen LogP contribution in [0.15, 0.2) is 36.2 Å². The SMILES string of the molecule is COc1cncc(C2=CCC3C4CC=C5CCCC[C@]5(C)C4CC[C@]23C)c1. The van der Waals surface area contributed by atoms with Crippen LogP contribution in [-0.4, -0.2) is 12.1 Å². The molecule has 1 aromatic rings. The van der Waals surface area contributed by atoms with Gasteiger partial charge in [-0.2, -0.15) is 0 Å². The highest BCUT2D eigenvalue weighted by Gasteiger charge is 2.56. The van der Waals surface area contributed by atoms with Crippen molar-refractivity contribution >= 4 is 5.57 Å². The summed E-state index contributed by atoms with van der Waals surface area (Å²) in [7, 11) is 1.73. The Hall–Kier alpha value is -1.57. The van der Waals surface area contributed by atoms with Crippen LogP contribution in [0, 0.1) is 28.6 Å². The Morgan fingerprint density at radius 1 is 1.00 bits per heavy atom. The summed E-state index contributed by atoms with van der Waals surface area (Å²) < 4.78 is 5.44. The number of pyridine rings is 1. The fourth-order valence-electron chi connectivity index (χ4n) is 7.39. The summed E-state index contributed by atoms with van der Waals surface area (Å²) >= 11 is 0. The van der Waals surface area contributed by atoms with E-state index in [0.29, 0.717) is 10.8 Å². The van der Waals surface area contributed by atoms with Gasteiger partial charge in [-0.25, -0.2) is 0 Å². The van der Waals surface area contributed by atoms with Gasteiger partial charge in [0.15, 0.2) is 0 Å². The van der Waals surface area contributed by atoms with Gasteiger partial charge in [0.25, 0.3) is 0 Å². The first-order chi connectivity index (χ1) is 13.1. The van der Waals surface area contributed by atoms with E-state index < -0.39 is 0 Å². The van der Waals surface area contributed by atoms with Gasteiger partial charge in [-0.15, -0.1) is 0 Å². The molecule has 2 fully saturated rings. The third-order valence-corrected chi connectivity index (χ3v) is 8.86. The molecular weight excluding hydrogens is 330 g/mol. The zero-order valence-electron chi connectivity index (χ0n) is 17.1. The molecule has 5 rings (SSSR count). The topological polar surface area (TPSA) is 22.1 Å². The number of fused-ring (bicyclic) bond motifs is 5. The number of hydrogen-bond donors (Lipinski definition) is 0. The van der Waals surface area contributed by atoms with Crippen molar-refractivity contribution in [3.05, 3.63) is 41.7 Å². The van der Waals surface area contributed by atoms with Crippen molar-refractivity contribution in [2.24, 2.45) is 28.6 Å². The van der Waals surface area contributed by atoms with E-state index in [-0.39, 0.29) is 0 Å². The monoisotopic (exact) mass is 363 g/mol. The van der Waals surface area contributed by atoms with Crippen molar-refractivity contribution in [3.8, 4) is 5.75 Å². The van der Waals surface area contributed by atoms with E-state index >= 15 is 0 Å². The highest BCUT2D eigenvalue weighted by atomic mass is 16.5. The molecule has 4 aliphatic carbocycles. The number of rotatable bonds is 2. The van der Waals surface area contributed by atoms with Crippen LogP contribution in [0.25, 0.3) is 5.57 Å². The van der Waals surface area contributed by atoms with Crippen LogP contribution in [0.4, 0.5) is 0 Å². The van der Waals surface area contributed by atoms with E-state index in [1.165, 1.54) is 62.5 Å². The minimum atomic E-state index is 0.297. The third kappa shape index (κ3) is 2.48. The van der Waals surface area contributed by atoms with E-state index in [9.17, 15) is 0 Å². The van der Waals surface area contributed by atoms with Gasteiger partial charge < -0.3 is 4.74 Å². The second-order valence-electron chi connectivity index (χ2n) is 9.89. The van der Waals surface area contributed by atoms with Gasteiger partial charge in [-0.05, 0) is 90.7 Å². The Bertz CT molecular complexity index is 808. The normalized spacial score (nSPS) is 40.3. The lowest BCUT2D eigenvalue weighted by atomic mass is 9.47. The third-order valence-electron chi connectivity index (χ3n) is 8.86. The van der Waals surface area contributed by atoms with E-state index in [4.69, 9.17) is 4.74 Å². The van der Waals surface area contributed by atoms with Crippen molar-refractivity contribution < 1.29 is 4.74 Å². The molecule has 3 unspecified atom stereocenters. The van der Waals surface area contributed by atoms with Gasteiger partial charge in [0.1, 0.15) is 5.75 Å². The van der Waals surface area contributed by atoms with Gasteiger partial charge >= 0.3 is 0 Å². The predicted molar refractivity (Wildman–Crippen MR) is 110 cm³/mol. The van der Waals surface area contributed by atoms with Crippen molar-refractivity contribution in [2.75, 3.05) is 7.11 Å². The summed E-state index contributed by atoms with van der Waals surface area (Å²) in [5.41, 5.74) is 5.39. The number of ether oxygens (including phenoxy) is 1. The highest BCUT2D eigenvalue weighted by molar-refractivity contribution is 5.73. The van der Waals surface area contributed by atoms with Crippen LogP contribution in [0.5, 0.6) is 5.75 Å². The molecule has 0 saturated heterocycles. The Morgan fingerprint density at radius 3 is 2.74 bits per heavy atom. The number of aromatic nitrogens is 1. The molecule has 0 radical (unpaired) electrons. The minimum Gasteiger partial charge on any atom is -0.495 e. The molecule has 0 amide bonds. The summed E-state index contributed by atoms with van der Waals surface area (Å²) in [6, 6.07) is 2.18. The first-order valence-electron chi connectivity index (χ1n) is 11.0. The average Bonchev–Trinajstić information content (AvgIpc) is 3.05. The maximum absolute atomic E-state index is 5.44. The van der Waals surface area contributed by atoms with Gasteiger partial charge in [0, 0.05) is 6.20 Å².